The Kier molecular flexibility index (Phi) is 7.91. The van der Waals surface area contributed by atoms with Gasteiger partial charge in [-0.2, -0.15) is 4.31 Å². The molecule has 1 atom stereocenters. The fourth-order valence-corrected chi connectivity index (χ4v) is 6.24. The highest BCUT2D eigenvalue weighted by atomic mass is 32.2. The Morgan fingerprint density at radius 2 is 2.03 bits per heavy atom. The number of thiophene rings is 1. The van der Waals surface area contributed by atoms with Crippen molar-refractivity contribution in [2.24, 2.45) is 5.92 Å². The van der Waals surface area contributed by atoms with Gasteiger partial charge in [-0.15, -0.1) is 11.3 Å². The third-order valence-corrected chi connectivity index (χ3v) is 8.32. The van der Waals surface area contributed by atoms with Gasteiger partial charge in [0.15, 0.2) is 0 Å². The second kappa shape index (κ2) is 10.4. The van der Waals surface area contributed by atoms with Crippen LogP contribution in [0.4, 0.5) is 0 Å². The van der Waals surface area contributed by atoms with Gasteiger partial charge in [0, 0.05) is 19.6 Å². The average molecular weight is 451 g/mol. The number of nitrogens with zero attached hydrogens (tertiary/aromatic N) is 1. The molecule has 3 rings (SSSR count). The molecule has 1 aromatic heterocycles. The Hall–Kier alpha value is -1.90. The minimum Gasteiger partial charge on any atom is -0.491 e. The number of aryl methyl sites for hydroxylation is 1. The van der Waals surface area contributed by atoms with E-state index in [1.807, 2.05) is 38.1 Å². The summed E-state index contributed by atoms with van der Waals surface area (Å²) < 4.78 is 32.9. The third-order valence-electron chi connectivity index (χ3n) is 5.08. The Morgan fingerprint density at radius 3 is 2.70 bits per heavy atom. The number of ether oxygens (including phenoxy) is 1. The summed E-state index contributed by atoms with van der Waals surface area (Å²) in [6.07, 6.45) is 3.28. The highest BCUT2D eigenvalue weighted by Gasteiger charge is 2.33. The number of benzene rings is 1. The molecule has 30 heavy (non-hydrogen) atoms. The van der Waals surface area contributed by atoms with Gasteiger partial charge in [-0.1, -0.05) is 18.2 Å². The van der Waals surface area contributed by atoms with Crippen molar-refractivity contribution in [1.82, 2.24) is 9.62 Å². The lowest BCUT2D eigenvalue weighted by atomic mass is 9.99. The van der Waals surface area contributed by atoms with Crippen LogP contribution in [0.3, 0.4) is 0 Å². The van der Waals surface area contributed by atoms with Crippen LogP contribution in [0.2, 0.25) is 0 Å². The summed E-state index contributed by atoms with van der Waals surface area (Å²) in [4.78, 5) is 12.6. The standard InChI is InChI=1S/C22H30N2O4S2/c1-17(2)28-20-11-9-18(10-12-20)6-3-13-23-22(25)19-7-4-14-24(16-19)30(26,27)21-8-5-15-29-21/h5,8-12,15,17,19H,3-4,6-7,13-14,16H2,1-2H3,(H,23,25)/t19-/m0/s1. The summed E-state index contributed by atoms with van der Waals surface area (Å²) in [5, 5.41) is 4.74. The highest BCUT2D eigenvalue weighted by Crippen LogP contribution is 2.26. The maximum Gasteiger partial charge on any atom is 0.252 e. The summed E-state index contributed by atoms with van der Waals surface area (Å²) in [6.45, 7) is 5.31. The van der Waals surface area contributed by atoms with Crippen LogP contribution >= 0.6 is 11.3 Å². The van der Waals surface area contributed by atoms with Crippen molar-refractivity contribution in [3.8, 4) is 5.75 Å². The second-order valence-electron chi connectivity index (χ2n) is 7.84. The van der Waals surface area contributed by atoms with E-state index in [-0.39, 0.29) is 24.5 Å². The SMILES string of the molecule is CC(C)Oc1ccc(CCCNC(=O)[C@H]2CCCN(S(=O)(=O)c3cccs3)C2)cc1. The van der Waals surface area contributed by atoms with Crippen LogP contribution in [-0.4, -0.2) is 44.4 Å². The molecule has 1 aromatic carbocycles. The van der Waals surface area contributed by atoms with Gasteiger partial charge in [-0.05, 0) is 68.7 Å². The number of hydrogen-bond donors (Lipinski definition) is 1. The lowest BCUT2D eigenvalue weighted by Gasteiger charge is -2.30. The maximum atomic E-state index is 12.7. The van der Waals surface area contributed by atoms with Crippen molar-refractivity contribution in [2.75, 3.05) is 19.6 Å². The van der Waals surface area contributed by atoms with Gasteiger partial charge in [-0.25, -0.2) is 8.42 Å². The van der Waals surface area contributed by atoms with Gasteiger partial charge in [0.05, 0.1) is 12.0 Å². The van der Waals surface area contributed by atoms with Crippen molar-refractivity contribution < 1.29 is 17.9 Å². The fourth-order valence-electron chi connectivity index (χ4n) is 3.57. The van der Waals surface area contributed by atoms with Crippen LogP contribution in [0.25, 0.3) is 0 Å². The first kappa shape index (κ1) is 22.8. The van der Waals surface area contributed by atoms with E-state index in [2.05, 4.69) is 5.32 Å². The normalized spacial score (nSPS) is 17.8. The number of rotatable bonds is 9. The average Bonchev–Trinajstić information content (AvgIpc) is 3.28. The van der Waals surface area contributed by atoms with Crippen LogP contribution in [0.1, 0.15) is 38.7 Å². The lowest BCUT2D eigenvalue weighted by Crippen LogP contribution is -2.45. The molecular formula is C22H30N2O4S2. The first-order valence-electron chi connectivity index (χ1n) is 10.4. The molecule has 8 heteroatoms. The molecule has 0 bridgehead atoms. The largest absolute Gasteiger partial charge is 0.491 e. The molecule has 1 amide bonds. The molecule has 0 saturated carbocycles. The minimum atomic E-state index is -3.50. The van der Waals surface area contributed by atoms with Crippen molar-refractivity contribution in [3.05, 3.63) is 47.3 Å². The van der Waals surface area contributed by atoms with Gasteiger partial charge in [0.2, 0.25) is 5.91 Å². The van der Waals surface area contributed by atoms with Gasteiger partial charge in [-0.3, -0.25) is 4.79 Å². The minimum absolute atomic E-state index is 0.0539. The van der Waals surface area contributed by atoms with Gasteiger partial charge in [0.25, 0.3) is 10.0 Å². The highest BCUT2D eigenvalue weighted by molar-refractivity contribution is 7.91. The van der Waals surface area contributed by atoms with E-state index < -0.39 is 10.0 Å². The number of piperidine rings is 1. The Bertz CT molecular complexity index is 909. The Labute approximate surface area is 183 Å². The van der Waals surface area contributed by atoms with E-state index in [0.717, 1.165) is 25.0 Å². The zero-order valence-electron chi connectivity index (χ0n) is 17.5. The summed E-state index contributed by atoms with van der Waals surface area (Å²) >= 11 is 1.21. The van der Waals surface area contributed by atoms with E-state index >= 15 is 0 Å². The summed E-state index contributed by atoms with van der Waals surface area (Å²) in [6, 6.07) is 11.4. The smallest absolute Gasteiger partial charge is 0.252 e. The molecular weight excluding hydrogens is 420 g/mol. The molecule has 0 spiro atoms. The third kappa shape index (κ3) is 6.06. The van der Waals surface area contributed by atoms with E-state index in [4.69, 9.17) is 4.74 Å². The molecule has 1 aliphatic heterocycles. The second-order valence-corrected chi connectivity index (χ2v) is 11.0. The Morgan fingerprint density at radius 1 is 1.27 bits per heavy atom. The topological polar surface area (TPSA) is 75.7 Å². The quantitative estimate of drug-likeness (QED) is 0.591. The number of nitrogens with one attached hydrogen (secondary N) is 1. The number of sulfonamides is 1. The Balaban J connectivity index is 1.43. The van der Waals surface area contributed by atoms with Crippen molar-refractivity contribution in [3.63, 3.8) is 0 Å². The maximum absolute atomic E-state index is 12.7. The monoisotopic (exact) mass is 450 g/mol. The van der Waals surface area contributed by atoms with Gasteiger partial charge in [0.1, 0.15) is 9.96 Å². The van der Waals surface area contributed by atoms with E-state index in [1.54, 1.807) is 17.5 Å². The van der Waals surface area contributed by atoms with Crippen LogP contribution in [0.5, 0.6) is 5.75 Å². The zero-order chi connectivity index (χ0) is 21.6. The summed E-state index contributed by atoms with van der Waals surface area (Å²) in [7, 11) is -3.50. The molecule has 1 aliphatic rings. The van der Waals surface area contributed by atoms with E-state index in [9.17, 15) is 13.2 Å². The molecule has 1 fully saturated rings. The molecule has 6 nitrogen and oxygen atoms in total. The van der Waals surface area contributed by atoms with E-state index in [1.165, 1.54) is 21.2 Å². The number of hydrogen-bond acceptors (Lipinski definition) is 5. The molecule has 0 radical (unpaired) electrons. The molecule has 1 saturated heterocycles. The van der Waals surface area contributed by atoms with Crippen LogP contribution < -0.4 is 10.1 Å². The molecule has 0 unspecified atom stereocenters. The van der Waals surface area contributed by atoms with Gasteiger partial charge < -0.3 is 10.1 Å². The first-order valence-corrected chi connectivity index (χ1v) is 12.7. The number of carbonyl (C=O) groups is 1. The summed E-state index contributed by atoms with van der Waals surface area (Å²) in [5.41, 5.74) is 1.20. The van der Waals surface area contributed by atoms with E-state index in [0.29, 0.717) is 23.7 Å². The van der Waals surface area contributed by atoms with Gasteiger partial charge >= 0.3 is 0 Å². The van der Waals surface area contributed by atoms with Crippen LogP contribution in [-0.2, 0) is 21.2 Å². The molecule has 2 heterocycles. The van der Waals surface area contributed by atoms with Crippen molar-refractivity contribution in [1.29, 1.82) is 0 Å². The molecule has 164 valence electrons. The zero-order valence-corrected chi connectivity index (χ0v) is 19.2. The fraction of sp³-hybridized carbons (Fsp3) is 0.500. The molecule has 1 N–H and O–H groups in total. The predicted molar refractivity (Wildman–Crippen MR) is 119 cm³/mol. The number of amides is 1. The predicted octanol–water partition coefficient (Wildman–Crippen LogP) is 3.69. The van der Waals surface area contributed by atoms with Crippen molar-refractivity contribution in [2.45, 2.75) is 49.8 Å². The van der Waals surface area contributed by atoms with Crippen LogP contribution in [0.15, 0.2) is 46.0 Å². The molecule has 2 aromatic rings. The molecule has 0 aliphatic carbocycles. The van der Waals surface area contributed by atoms with Crippen LogP contribution in [0, 0.1) is 5.92 Å². The summed E-state index contributed by atoms with van der Waals surface area (Å²) in [5.74, 6) is 0.518. The van der Waals surface area contributed by atoms with Crippen molar-refractivity contribution >= 4 is 27.3 Å². The lowest BCUT2D eigenvalue weighted by molar-refractivity contribution is -0.126. The first-order chi connectivity index (χ1) is 14.4. The number of carbonyl (C=O) groups excluding carboxylic acids is 1.